The Bertz CT molecular complexity index is 1690. The molecular formula is C33H27Cl2IN2O3S. The largest absolute Gasteiger partial charge is 0.490 e. The van der Waals surface area contributed by atoms with Crippen LogP contribution in [-0.4, -0.2) is 17.7 Å². The Balaban J connectivity index is 1.48. The SMILES string of the molecule is CCOc1cc(/C=C2\SC(=Nc3ccc(C)cc3)N(c3ccc(C)cc3)C2=O)cc(I)c1OCc1ccc(Cl)cc1Cl. The Morgan fingerprint density at radius 1 is 0.929 bits per heavy atom. The molecule has 0 spiro atoms. The predicted molar refractivity (Wildman–Crippen MR) is 184 cm³/mol. The highest BCUT2D eigenvalue weighted by molar-refractivity contribution is 14.1. The molecule has 0 saturated carbocycles. The van der Waals surface area contributed by atoms with Crippen LogP contribution in [0.25, 0.3) is 6.08 Å². The molecular weight excluding hydrogens is 702 g/mol. The summed E-state index contributed by atoms with van der Waals surface area (Å²) in [4.78, 5) is 20.9. The van der Waals surface area contributed by atoms with Crippen molar-refractivity contribution in [2.45, 2.75) is 27.4 Å². The van der Waals surface area contributed by atoms with Gasteiger partial charge in [-0.15, -0.1) is 0 Å². The fraction of sp³-hybridized carbons (Fsp3) is 0.152. The summed E-state index contributed by atoms with van der Waals surface area (Å²) in [6.45, 7) is 6.68. The molecule has 0 atom stereocenters. The van der Waals surface area contributed by atoms with Crippen molar-refractivity contribution in [1.82, 2.24) is 0 Å². The highest BCUT2D eigenvalue weighted by Crippen LogP contribution is 2.40. The minimum atomic E-state index is -0.139. The van der Waals surface area contributed by atoms with Gasteiger partial charge in [0.05, 0.1) is 26.5 Å². The Hall–Kier alpha value is -2.98. The number of hydrogen-bond donors (Lipinski definition) is 0. The van der Waals surface area contributed by atoms with Crippen LogP contribution in [0.2, 0.25) is 10.0 Å². The first kappa shape index (κ1) is 30.5. The Morgan fingerprint density at radius 3 is 2.29 bits per heavy atom. The lowest BCUT2D eigenvalue weighted by Crippen LogP contribution is -2.28. The molecule has 0 aliphatic carbocycles. The molecule has 0 unspecified atom stereocenters. The van der Waals surface area contributed by atoms with Crippen LogP contribution < -0.4 is 14.4 Å². The molecule has 0 aromatic heterocycles. The molecule has 4 aromatic rings. The van der Waals surface area contributed by atoms with Gasteiger partial charge >= 0.3 is 0 Å². The summed E-state index contributed by atoms with van der Waals surface area (Å²) in [5.41, 5.74) is 5.44. The molecule has 0 N–H and O–H groups in total. The molecule has 9 heteroatoms. The summed E-state index contributed by atoms with van der Waals surface area (Å²) in [6.07, 6.45) is 1.87. The van der Waals surface area contributed by atoms with E-state index in [2.05, 4.69) is 22.6 Å². The van der Waals surface area contributed by atoms with Gasteiger partial charge in [0.2, 0.25) is 0 Å². The summed E-state index contributed by atoms with van der Waals surface area (Å²) < 4.78 is 13.0. The number of amidine groups is 1. The fourth-order valence-corrected chi connectivity index (χ4v) is 6.46. The van der Waals surface area contributed by atoms with E-state index in [1.165, 1.54) is 11.8 Å². The van der Waals surface area contributed by atoms with E-state index in [9.17, 15) is 4.79 Å². The van der Waals surface area contributed by atoms with E-state index in [1.54, 1.807) is 17.0 Å². The van der Waals surface area contributed by atoms with Crippen LogP contribution in [-0.2, 0) is 11.4 Å². The number of carbonyl (C=O) groups is 1. The zero-order valence-electron chi connectivity index (χ0n) is 23.2. The Labute approximate surface area is 273 Å². The highest BCUT2D eigenvalue weighted by Gasteiger charge is 2.35. The first-order valence-electron chi connectivity index (χ1n) is 13.2. The standard InChI is InChI=1S/C33H27Cl2IN2O3S/c1-4-40-29-16-22(15-28(36)31(29)41-19-23-9-10-24(34)18-27(23)35)17-30-32(39)38(26-13-7-21(3)8-14-26)33(42-30)37-25-11-5-20(2)6-12-25/h5-18H,4,19H2,1-3H3/b30-17-,37-33?. The van der Waals surface area contributed by atoms with Crippen LogP contribution >= 0.6 is 57.6 Å². The van der Waals surface area contributed by atoms with Gasteiger partial charge in [0.15, 0.2) is 16.7 Å². The van der Waals surface area contributed by atoms with Gasteiger partial charge in [-0.25, -0.2) is 4.99 Å². The molecule has 0 radical (unpaired) electrons. The Morgan fingerprint density at radius 2 is 1.62 bits per heavy atom. The van der Waals surface area contributed by atoms with Crippen molar-refractivity contribution in [1.29, 1.82) is 0 Å². The fourth-order valence-electron chi connectivity index (χ4n) is 4.21. The molecule has 5 nitrogen and oxygen atoms in total. The molecule has 1 aliphatic heterocycles. The molecule has 1 amide bonds. The third kappa shape index (κ3) is 7.14. The van der Waals surface area contributed by atoms with Crippen molar-refractivity contribution in [2.24, 2.45) is 4.99 Å². The van der Waals surface area contributed by atoms with Crippen molar-refractivity contribution in [2.75, 3.05) is 11.5 Å². The van der Waals surface area contributed by atoms with Gasteiger partial charge in [0.25, 0.3) is 5.91 Å². The number of aryl methyl sites for hydroxylation is 2. The van der Waals surface area contributed by atoms with Crippen LogP contribution in [0.15, 0.2) is 88.8 Å². The number of aliphatic imine (C=N–C) groups is 1. The number of halogens is 3. The lowest BCUT2D eigenvalue weighted by Gasteiger charge is -2.16. The van der Waals surface area contributed by atoms with Crippen molar-refractivity contribution < 1.29 is 14.3 Å². The highest BCUT2D eigenvalue weighted by atomic mass is 127. The summed E-state index contributed by atoms with van der Waals surface area (Å²) in [5, 5.41) is 1.70. The number of nitrogens with zero attached hydrogens (tertiary/aromatic N) is 2. The number of carbonyl (C=O) groups excluding carboxylic acids is 1. The van der Waals surface area contributed by atoms with E-state index >= 15 is 0 Å². The van der Waals surface area contributed by atoms with Crippen LogP contribution in [0.5, 0.6) is 11.5 Å². The summed E-state index contributed by atoms with van der Waals surface area (Å²) in [6, 6.07) is 25.0. The molecule has 4 aromatic carbocycles. The monoisotopic (exact) mass is 728 g/mol. The third-order valence-corrected chi connectivity index (χ3v) is 8.73. The minimum Gasteiger partial charge on any atom is -0.490 e. The first-order chi connectivity index (χ1) is 20.2. The van der Waals surface area contributed by atoms with E-state index < -0.39 is 0 Å². The number of benzene rings is 4. The van der Waals surface area contributed by atoms with Gasteiger partial charge in [-0.2, -0.15) is 0 Å². The lowest BCUT2D eigenvalue weighted by molar-refractivity contribution is -0.113. The van der Waals surface area contributed by atoms with Gasteiger partial charge in [-0.3, -0.25) is 9.69 Å². The van der Waals surface area contributed by atoms with Gasteiger partial charge in [-0.05, 0) is 115 Å². The topological polar surface area (TPSA) is 51.1 Å². The number of rotatable bonds is 8. The molecule has 1 fully saturated rings. The molecule has 1 aliphatic rings. The number of amides is 1. The van der Waals surface area contributed by atoms with E-state index in [0.29, 0.717) is 38.2 Å². The van der Waals surface area contributed by atoms with Gasteiger partial charge in [0.1, 0.15) is 6.61 Å². The molecule has 214 valence electrons. The van der Waals surface area contributed by atoms with Gasteiger partial charge in [0, 0.05) is 15.6 Å². The maximum atomic E-state index is 13.8. The molecule has 0 bridgehead atoms. The van der Waals surface area contributed by atoms with Gasteiger partial charge in [-0.1, -0.05) is 64.7 Å². The third-order valence-electron chi connectivity index (χ3n) is 6.37. The van der Waals surface area contributed by atoms with Crippen LogP contribution in [0.3, 0.4) is 0 Å². The van der Waals surface area contributed by atoms with E-state index in [1.807, 2.05) is 93.6 Å². The molecule has 1 saturated heterocycles. The number of anilines is 1. The predicted octanol–water partition coefficient (Wildman–Crippen LogP) is 10.0. The second-order valence-electron chi connectivity index (χ2n) is 9.60. The zero-order valence-corrected chi connectivity index (χ0v) is 27.6. The molecule has 1 heterocycles. The average molecular weight is 729 g/mol. The second kappa shape index (κ2) is 13.5. The number of thioether (sulfide) groups is 1. The number of hydrogen-bond acceptors (Lipinski definition) is 5. The van der Waals surface area contributed by atoms with Crippen molar-refractivity contribution in [3.8, 4) is 11.5 Å². The van der Waals surface area contributed by atoms with Gasteiger partial charge < -0.3 is 9.47 Å². The second-order valence-corrected chi connectivity index (χ2v) is 12.6. The smallest absolute Gasteiger partial charge is 0.271 e. The number of ether oxygens (including phenoxy) is 2. The maximum absolute atomic E-state index is 13.8. The first-order valence-corrected chi connectivity index (χ1v) is 15.9. The quantitative estimate of drug-likeness (QED) is 0.134. The van der Waals surface area contributed by atoms with Crippen LogP contribution in [0, 0.1) is 17.4 Å². The normalized spacial score (nSPS) is 15.1. The molecule has 42 heavy (non-hydrogen) atoms. The maximum Gasteiger partial charge on any atom is 0.271 e. The lowest BCUT2D eigenvalue weighted by atomic mass is 10.1. The zero-order chi connectivity index (χ0) is 29.8. The average Bonchev–Trinajstić information content (AvgIpc) is 3.25. The van der Waals surface area contributed by atoms with Crippen molar-refractivity contribution in [3.05, 3.63) is 120 Å². The van der Waals surface area contributed by atoms with E-state index in [4.69, 9.17) is 37.7 Å². The molecule has 5 rings (SSSR count). The van der Waals surface area contributed by atoms with Crippen molar-refractivity contribution in [3.63, 3.8) is 0 Å². The van der Waals surface area contributed by atoms with Crippen molar-refractivity contribution >= 4 is 86.1 Å². The summed E-state index contributed by atoms with van der Waals surface area (Å²) in [7, 11) is 0. The van der Waals surface area contributed by atoms with E-state index in [0.717, 1.165) is 37.2 Å². The van der Waals surface area contributed by atoms with E-state index in [-0.39, 0.29) is 12.5 Å². The van der Waals surface area contributed by atoms with Crippen LogP contribution in [0.1, 0.15) is 29.2 Å². The minimum absolute atomic E-state index is 0.139. The van der Waals surface area contributed by atoms with Crippen LogP contribution in [0.4, 0.5) is 11.4 Å². The summed E-state index contributed by atoms with van der Waals surface area (Å²) >= 11 is 16.0. The Kier molecular flexibility index (Phi) is 9.83. The summed E-state index contributed by atoms with van der Waals surface area (Å²) in [5.74, 6) is 1.06.